The maximum atomic E-state index is 11.2. The highest BCUT2D eigenvalue weighted by Gasteiger charge is 2.25. The molecule has 0 radical (unpaired) electrons. The zero-order valence-corrected chi connectivity index (χ0v) is 11.2. The number of carbonyl (C=O) groups excluding carboxylic acids is 1. The predicted octanol–water partition coefficient (Wildman–Crippen LogP) is 2.40. The third-order valence-electron chi connectivity index (χ3n) is 3.18. The maximum absolute atomic E-state index is 11.2. The molecule has 0 spiro atoms. The topological polar surface area (TPSA) is 66.6 Å². The largest absolute Gasteiger partial charge is 0.506 e. The molecule has 4 nitrogen and oxygen atoms in total. The Labute approximate surface area is 115 Å². The first-order valence-corrected chi connectivity index (χ1v) is 6.47. The van der Waals surface area contributed by atoms with Crippen LogP contribution in [0.15, 0.2) is 12.1 Å². The van der Waals surface area contributed by atoms with Gasteiger partial charge in [-0.1, -0.05) is 23.2 Å². The summed E-state index contributed by atoms with van der Waals surface area (Å²) in [5, 5.41) is 10.6. The van der Waals surface area contributed by atoms with Crippen molar-refractivity contribution < 1.29 is 9.90 Å². The number of phenols is 1. The van der Waals surface area contributed by atoms with Crippen molar-refractivity contribution in [3.63, 3.8) is 0 Å². The van der Waals surface area contributed by atoms with Crippen molar-refractivity contribution in [3.8, 4) is 5.75 Å². The van der Waals surface area contributed by atoms with Gasteiger partial charge < -0.3 is 15.7 Å². The summed E-state index contributed by atoms with van der Waals surface area (Å²) >= 11 is 11.8. The van der Waals surface area contributed by atoms with Crippen molar-refractivity contribution in [1.29, 1.82) is 0 Å². The van der Waals surface area contributed by atoms with Crippen LogP contribution in [-0.4, -0.2) is 24.1 Å². The molecule has 1 heterocycles. The van der Waals surface area contributed by atoms with Gasteiger partial charge >= 0.3 is 0 Å². The monoisotopic (exact) mass is 288 g/mol. The average Bonchev–Trinajstić information content (AvgIpc) is 2.34. The first-order valence-electron chi connectivity index (χ1n) is 5.71. The molecule has 18 heavy (non-hydrogen) atoms. The van der Waals surface area contributed by atoms with E-state index in [9.17, 15) is 9.90 Å². The number of amides is 1. The number of piperidine rings is 1. The molecule has 0 saturated carbocycles. The third-order valence-corrected chi connectivity index (χ3v) is 3.90. The molecular formula is C12H14Cl2N2O2. The van der Waals surface area contributed by atoms with E-state index in [4.69, 9.17) is 28.9 Å². The van der Waals surface area contributed by atoms with Crippen LogP contribution in [0.2, 0.25) is 10.0 Å². The van der Waals surface area contributed by atoms with Crippen LogP contribution >= 0.6 is 23.2 Å². The van der Waals surface area contributed by atoms with Crippen molar-refractivity contribution in [1.82, 2.24) is 0 Å². The van der Waals surface area contributed by atoms with Gasteiger partial charge in [-0.3, -0.25) is 4.79 Å². The first-order chi connectivity index (χ1) is 8.49. The number of halogens is 2. The van der Waals surface area contributed by atoms with Crippen LogP contribution in [0.25, 0.3) is 0 Å². The fourth-order valence-corrected chi connectivity index (χ4v) is 2.52. The number of nitrogens with two attached hydrogens (primary N) is 1. The summed E-state index contributed by atoms with van der Waals surface area (Å²) in [6.07, 6.45) is 1.64. The van der Waals surface area contributed by atoms with Gasteiger partial charge in [0.05, 0.1) is 21.7 Å². The smallest absolute Gasteiger partial charge is 0.222 e. The van der Waals surface area contributed by atoms with E-state index in [-0.39, 0.29) is 17.6 Å². The van der Waals surface area contributed by atoms with Gasteiger partial charge in [0.15, 0.2) is 0 Å². The summed E-state index contributed by atoms with van der Waals surface area (Å²) in [6, 6.07) is 3.02. The summed E-state index contributed by atoms with van der Waals surface area (Å²) in [6.45, 7) is 1.26. The maximum Gasteiger partial charge on any atom is 0.222 e. The van der Waals surface area contributed by atoms with E-state index in [2.05, 4.69) is 0 Å². The summed E-state index contributed by atoms with van der Waals surface area (Å²) in [7, 11) is 0. The standard InChI is InChI=1S/C12H14Cl2N2O2/c13-8-4-10(11(17)5-9(8)14)16-3-1-2-7(6-16)12(15)18/h4-5,7,17H,1-3,6H2,(H2,15,18). The number of rotatable bonds is 2. The number of anilines is 1. The zero-order chi connectivity index (χ0) is 13.3. The van der Waals surface area contributed by atoms with E-state index in [0.29, 0.717) is 22.3 Å². The molecule has 2 rings (SSSR count). The molecular weight excluding hydrogens is 275 g/mol. The van der Waals surface area contributed by atoms with Gasteiger partial charge in [-0.25, -0.2) is 0 Å². The number of aromatic hydroxyl groups is 1. The predicted molar refractivity (Wildman–Crippen MR) is 72.3 cm³/mol. The molecule has 1 aromatic carbocycles. The quantitative estimate of drug-likeness (QED) is 0.878. The number of hydrogen-bond donors (Lipinski definition) is 2. The molecule has 1 atom stereocenters. The Hall–Kier alpha value is -1.13. The van der Waals surface area contributed by atoms with Crippen LogP contribution in [0.1, 0.15) is 12.8 Å². The van der Waals surface area contributed by atoms with Crippen LogP contribution in [0.5, 0.6) is 5.75 Å². The SMILES string of the molecule is NC(=O)C1CCCN(c2cc(Cl)c(Cl)cc2O)C1. The Kier molecular flexibility index (Phi) is 3.88. The summed E-state index contributed by atoms with van der Waals surface area (Å²) in [4.78, 5) is 13.1. The third kappa shape index (κ3) is 2.65. The average molecular weight is 289 g/mol. The number of nitrogens with zero attached hydrogens (tertiary/aromatic N) is 1. The van der Waals surface area contributed by atoms with Gasteiger partial charge in [0, 0.05) is 19.2 Å². The molecule has 6 heteroatoms. The second kappa shape index (κ2) is 5.24. The van der Waals surface area contributed by atoms with Crippen molar-refractivity contribution >= 4 is 34.8 Å². The number of primary amides is 1. The Morgan fingerprint density at radius 3 is 2.72 bits per heavy atom. The molecule has 98 valence electrons. The molecule has 1 amide bonds. The molecule has 1 aromatic rings. The Morgan fingerprint density at radius 2 is 2.06 bits per heavy atom. The highest BCUT2D eigenvalue weighted by Crippen LogP contribution is 2.37. The van der Waals surface area contributed by atoms with Crippen molar-refractivity contribution in [3.05, 3.63) is 22.2 Å². The Bertz CT molecular complexity index is 479. The highest BCUT2D eigenvalue weighted by molar-refractivity contribution is 6.42. The second-order valence-electron chi connectivity index (χ2n) is 4.44. The summed E-state index contributed by atoms with van der Waals surface area (Å²) < 4.78 is 0. The van der Waals surface area contributed by atoms with E-state index in [0.717, 1.165) is 19.4 Å². The van der Waals surface area contributed by atoms with Crippen LogP contribution in [0.3, 0.4) is 0 Å². The molecule has 1 saturated heterocycles. The van der Waals surface area contributed by atoms with E-state index >= 15 is 0 Å². The number of phenolic OH excluding ortho intramolecular Hbond substituents is 1. The van der Waals surface area contributed by atoms with Gasteiger partial charge in [0.1, 0.15) is 5.75 Å². The fraction of sp³-hybridized carbons (Fsp3) is 0.417. The number of benzene rings is 1. The van der Waals surface area contributed by atoms with Gasteiger partial charge in [-0.05, 0) is 18.9 Å². The van der Waals surface area contributed by atoms with Crippen molar-refractivity contribution in [2.75, 3.05) is 18.0 Å². The van der Waals surface area contributed by atoms with Crippen LogP contribution in [0, 0.1) is 5.92 Å². The van der Waals surface area contributed by atoms with Gasteiger partial charge in [0.25, 0.3) is 0 Å². The summed E-state index contributed by atoms with van der Waals surface area (Å²) in [5.74, 6) is -0.429. The van der Waals surface area contributed by atoms with E-state index in [1.807, 2.05) is 4.90 Å². The normalized spacial score (nSPS) is 19.9. The van der Waals surface area contributed by atoms with Crippen LogP contribution in [-0.2, 0) is 4.79 Å². The molecule has 1 fully saturated rings. The van der Waals surface area contributed by atoms with Crippen LogP contribution in [0.4, 0.5) is 5.69 Å². The van der Waals surface area contributed by atoms with E-state index in [1.54, 1.807) is 6.07 Å². The van der Waals surface area contributed by atoms with Crippen LogP contribution < -0.4 is 10.6 Å². The molecule has 0 aromatic heterocycles. The molecule has 1 aliphatic heterocycles. The highest BCUT2D eigenvalue weighted by atomic mass is 35.5. The zero-order valence-electron chi connectivity index (χ0n) is 9.70. The minimum absolute atomic E-state index is 0.0644. The molecule has 0 aliphatic carbocycles. The first kappa shape index (κ1) is 13.3. The lowest BCUT2D eigenvalue weighted by Gasteiger charge is -2.33. The van der Waals surface area contributed by atoms with E-state index in [1.165, 1.54) is 6.07 Å². The van der Waals surface area contributed by atoms with E-state index < -0.39 is 0 Å². The lowest BCUT2D eigenvalue weighted by Crippen LogP contribution is -2.41. The van der Waals surface area contributed by atoms with Gasteiger partial charge in [-0.15, -0.1) is 0 Å². The van der Waals surface area contributed by atoms with Crippen molar-refractivity contribution in [2.45, 2.75) is 12.8 Å². The molecule has 1 unspecified atom stereocenters. The molecule has 0 bridgehead atoms. The van der Waals surface area contributed by atoms with Gasteiger partial charge in [-0.2, -0.15) is 0 Å². The Balaban J connectivity index is 2.26. The summed E-state index contributed by atoms with van der Waals surface area (Å²) in [5.41, 5.74) is 5.92. The minimum atomic E-state index is -0.306. The minimum Gasteiger partial charge on any atom is -0.506 e. The Morgan fingerprint density at radius 1 is 1.39 bits per heavy atom. The second-order valence-corrected chi connectivity index (χ2v) is 5.26. The van der Waals surface area contributed by atoms with Crippen molar-refractivity contribution in [2.24, 2.45) is 11.7 Å². The molecule has 3 N–H and O–H groups in total. The lowest BCUT2D eigenvalue weighted by atomic mass is 9.97. The molecule has 1 aliphatic rings. The van der Waals surface area contributed by atoms with Gasteiger partial charge in [0.2, 0.25) is 5.91 Å². The lowest BCUT2D eigenvalue weighted by molar-refractivity contribution is -0.122. The fourth-order valence-electron chi connectivity index (χ4n) is 2.21. The number of hydrogen-bond acceptors (Lipinski definition) is 3. The number of carbonyl (C=O) groups is 1.